The lowest BCUT2D eigenvalue weighted by atomic mass is 10.0. The lowest BCUT2D eigenvalue weighted by Crippen LogP contribution is -2.26. The van der Waals surface area contributed by atoms with E-state index in [0.29, 0.717) is 5.56 Å². The molecule has 0 fully saturated rings. The number of hydrogen-bond acceptors (Lipinski definition) is 4. The Morgan fingerprint density at radius 3 is 1.56 bits per heavy atom. The second-order valence-electron chi connectivity index (χ2n) is 8.18. The Kier molecular flexibility index (Phi) is 22.7. The van der Waals surface area contributed by atoms with Crippen molar-refractivity contribution in [2.75, 3.05) is 0 Å². The molecule has 48 heavy (non-hydrogen) atoms. The number of benzene rings is 2. The normalized spacial score (nSPS) is 7.75. The van der Waals surface area contributed by atoms with Crippen LogP contribution in [0.4, 0.5) is 9.09 Å². The van der Waals surface area contributed by atoms with E-state index in [0.717, 1.165) is 16.7 Å². The van der Waals surface area contributed by atoms with Gasteiger partial charge in [0.05, 0.1) is 11.6 Å². The van der Waals surface area contributed by atoms with Gasteiger partial charge < -0.3 is 5.32 Å². The van der Waals surface area contributed by atoms with Gasteiger partial charge in [0.1, 0.15) is 5.82 Å². The topological polar surface area (TPSA) is 97.4 Å². The van der Waals surface area contributed by atoms with Gasteiger partial charge in [0.15, 0.2) is 0 Å². The molecule has 0 bridgehead atoms. The molecule has 2 aromatic carbocycles. The Balaban J connectivity index is -0.000000178. The molecule has 3 aromatic rings. The van der Waals surface area contributed by atoms with Crippen LogP contribution in [0.15, 0.2) is 78.3 Å². The molecule has 0 aliphatic carbocycles. The SMILES string of the molecule is CC#CC#CC#CC#CC#CC#CC#CC#CC#CC.C[C@H](NC(=O)c1cncc(-c2ccc(F)cc2)c1)c1ccccc1.F.NN=O.[HH].[HH].[HH].[HH].[HH]. The molecule has 3 N–H and O–H groups in total. The number of carbonyl (C=O) groups is 1. The summed E-state index contributed by atoms with van der Waals surface area (Å²) in [5.41, 5.74) is 3.10. The molecule has 1 atom stereocenters. The molecule has 0 radical (unpaired) electrons. The van der Waals surface area contributed by atoms with Gasteiger partial charge in [-0.15, -0.1) is 4.91 Å². The molecule has 242 valence electrons. The van der Waals surface area contributed by atoms with Crippen molar-refractivity contribution in [2.24, 2.45) is 11.1 Å². The van der Waals surface area contributed by atoms with Crippen LogP contribution >= 0.6 is 0 Å². The minimum Gasteiger partial charge on any atom is -0.345 e. The van der Waals surface area contributed by atoms with E-state index in [1.807, 2.05) is 37.3 Å². The van der Waals surface area contributed by atoms with Crippen LogP contribution in [0, 0.1) is 117 Å². The van der Waals surface area contributed by atoms with Gasteiger partial charge in [-0.25, -0.2) is 4.39 Å². The Bertz CT molecular complexity index is 2050. The van der Waals surface area contributed by atoms with Crippen molar-refractivity contribution < 1.29 is 21.0 Å². The fraction of sp³-hybridized carbons (Fsp3) is 0.100. The number of halogens is 2. The van der Waals surface area contributed by atoms with Crippen LogP contribution in [-0.4, -0.2) is 10.9 Å². The Labute approximate surface area is 287 Å². The summed E-state index contributed by atoms with van der Waals surface area (Å²) in [4.78, 5) is 24.9. The summed E-state index contributed by atoms with van der Waals surface area (Å²) in [7, 11) is 0. The molecule has 0 unspecified atom stereocenters. The Morgan fingerprint density at radius 1 is 0.729 bits per heavy atom. The minimum absolute atomic E-state index is 0. The molecule has 1 aromatic heterocycles. The highest BCUT2D eigenvalue weighted by Crippen LogP contribution is 2.20. The summed E-state index contributed by atoms with van der Waals surface area (Å²) in [6, 6.07) is 17.5. The Morgan fingerprint density at radius 2 is 1.15 bits per heavy atom. The van der Waals surface area contributed by atoms with Gasteiger partial charge in [0.2, 0.25) is 0 Å². The van der Waals surface area contributed by atoms with Crippen LogP contribution < -0.4 is 11.2 Å². The van der Waals surface area contributed by atoms with Crippen LogP contribution in [-0.2, 0) is 0 Å². The van der Waals surface area contributed by atoms with Gasteiger partial charge in [0.25, 0.3) is 5.91 Å². The third kappa shape index (κ3) is 18.8. The standard InChI is InChI=1S/C20H17FN2O.C20H6.FH.H2N2O.5H2/c1-14(15-5-3-2-4-6-15)23-20(24)18-11-17(12-22-13-18)16-7-9-19(21)10-8-16;1-3-5-7-9-11-13-15-17-19-20-18-16-14-12-10-8-6-4-2;;1-2-3;;;;;/h2-14H,1H3,(H,23,24);1-2H3;1H;(H2,1,3);5*1H/t14-;;;;;;;;/m0......../s1. The second kappa shape index (κ2) is 26.9. The third-order valence-electron chi connectivity index (χ3n) is 5.01. The van der Waals surface area contributed by atoms with Crippen LogP contribution in [0.5, 0.6) is 0 Å². The minimum atomic E-state index is -0.294. The van der Waals surface area contributed by atoms with Gasteiger partial charge >= 0.3 is 0 Å². The first-order valence-corrected chi connectivity index (χ1v) is 13.4. The fourth-order valence-corrected chi connectivity index (χ4v) is 3.03. The molecule has 6 nitrogen and oxygen atoms in total. The number of nitrogens with zero attached hydrogens (tertiary/aromatic N) is 2. The summed E-state index contributed by atoms with van der Waals surface area (Å²) in [6.45, 7) is 5.34. The molecule has 8 heteroatoms. The predicted octanol–water partition coefficient (Wildman–Crippen LogP) is 6.44. The molecule has 0 spiro atoms. The van der Waals surface area contributed by atoms with E-state index in [4.69, 9.17) is 4.91 Å². The van der Waals surface area contributed by atoms with Crippen LogP contribution in [0.1, 0.15) is 49.9 Å². The number of nitrogens with two attached hydrogens (primary N) is 1. The van der Waals surface area contributed by atoms with Crippen molar-refractivity contribution >= 4 is 5.91 Å². The predicted molar refractivity (Wildman–Crippen MR) is 196 cm³/mol. The average molecular weight is 643 g/mol. The van der Waals surface area contributed by atoms with E-state index < -0.39 is 0 Å². The highest BCUT2D eigenvalue weighted by molar-refractivity contribution is 5.95. The largest absolute Gasteiger partial charge is 0.345 e. The quantitative estimate of drug-likeness (QED) is 0.148. The van der Waals surface area contributed by atoms with Gasteiger partial charge in [-0.1, -0.05) is 54.3 Å². The zero-order valence-electron chi connectivity index (χ0n) is 26.1. The molecule has 0 aliphatic rings. The van der Waals surface area contributed by atoms with Crippen molar-refractivity contribution in [2.45, 2.75) is 26.8 Å². The second-order valence-corrected chi connectivity index (χ2v) is 8.18. The summed E-state index contributed by atoms with van der Waals surface area (Å²) in [6.07, 6.45) is 3.19. The molecular weight excluding hydrogens is 606 g/mol. The fourth-order valence-electron chi connectivity index (χ4n) is 3.03. The molecule has 3 rings (SSSR count). The van der Waals surface area contributed by atoms with Gasteiger partial charge in [0, 0.05) is 30.4 Å². The van der Waals surface area contributed by atoms with E-state index in [9.17, 15) is 9.18 Å². The zero-order chi connectivity index (χ0) is 34.4. The summed E-state index contributed by atoms with van der Waals surface area (Å²) < 4.78 is 13.0. The molecule has 1 amide bonds. The number of amides is 1. The van der Waals surface area contributed by atoms with Crippen molar-refractivity contribution in [1.29, 1.82) is 0 Å². The molecular formula is C40H36F2N4O2. The summed E-state index contributed by atoms with van der Waals surface area (Å²) in [5, 5.41) is 4.71. The summed E-state index contributed by atoms with van der Waals surface area (Å²) >= 11 is 0. The lowest BCUT2D eigenvalue weighted by molar-refractivity contribution is 0.0939. The smallest absolute Gasteiger partial charge is 0.253 e. The third-order valence-corrected chi connectivity index (χ3v) is 5.01. The number of pyridine rings is 1. The van der Waals surface area contributed by atoms with Crippen molar-refractivity contribution in [3.8, 4) is 118 Å². The van der Waals surface area contributed by atoms with Crippen molar-refractivity contribution in [3.63, 3.8) is 0 Å². The van der Waals surface area contributed by atoms with Crippen molar-refractivity contribution in [1.82, 2.24) is 10.3 Å². The van der Waals surface area contributed by atoms with E-state index in [2.05, 4.69) is 123 Å². The van der Waals surface area contributed by atoms with Gasteiger partial charge in [-0.05, 0) is 145 Å². The maximum Gasteiger partial charge on any atom is 0.253 e. The molecule has 0 aliphatic heterocycles. The number of nitroso groups, excluding NO2 is 1. The maximum atomic E-state index is 13.0. The maximum absolute atomic E-state index is 13.0. The highest BCUT2D eigenvalue weighted by atomic mass is 19.1. The van der Waals surface area contributed by atoms with Gasteiger partial charge in [-0.2, -0.15) is 0 Å². The summed E-state index contributed by atoms with van der Waals surface area (Å²) in [5.74, 6) is 49.0. The van der Waals surface area contributed by atoms with E-state index in [1.54, 1.807) is 43.5 Å². The average Bonchev–Trinajstić information content (AvgIpc) is 3.09. The highest BCUT2D eigenvalue weighted by Gasteiger charge is 2.12. The van der Waals surface area contributed by atoms with E-state index in [-0.39, 0.29) is 29.6 Å². The van der Waals surface area contributed by atoms with Crippen LogP contribution in [0.3, 0.4) is 0 Å². The van der Waals surface area contributed by atoms with E-state index in [1.165, 1.54) is 18.3 Å². The number of rotatable bonds is 4. The monoisotopic (exact) mass is 642 g/mol. The van der Waals surface area contributed by atoms with E-state index >= 15 is 0 Å². The molecule has 1 heterocycles. The first kappa shape index (κ1) is 40.4. The number of nitrogens with one attached hydrogen (secondary N) is 1. The van der Waals surface area contributed by atoms with Crippen LogP contribution in [0.2, 0.25) is 0 Å². The molecule has 0 saturated heterocycles. The molecule has 0 saturated carbocycles. The Hall–Kier alpha value is -7.64. The first-order chi connectivity index (χ1) is 23.0. The zero-order valence-corrected chi connectivity index (χ0v) is 26.1. The number of carbonyl (C=O) groups excluding carboxylic acids is 1. The van der Waals surface area contributed by atoms with Crippen molar-refractivity contribution in [3.05, 3.63) is 94.9 Å². The van der Waals surface area contributed by atoms with Gasteiger partial charge in [-0.3, -0.25) is 20.3 Å². The van der Waals surface area contributed by atoms with Crippen LogP contribution in [0.25, 0.3) is 11.1 Å². The lowest BCUT2D eigenvalue weighted by Gasteiger charge is -2.14. The number of aromatic nitrogens is 1. The number of hydrogen-bond donors (Lipinski definition) is 2. The first-order valence-electron chi connectivity index (χ1n) is 13.4.